The molecular weight excluding hydrogens is 278 g/mol. The van der Waals surface area contributed by atoms with E-state index in [1.807, 2.05) is 10.3 Å². The molecule has 20 heavy (non-hydrogen) atoms. The van der Waals surface area contributed by atoms with Gasteiger partial charge in [0, 0.05) is 32.7 Å². The van der Waals surface area contributed by atoms with Crippen LogP contribution in [-0.2, 0) is 11.2 Å². The molecule has 1 saturated heterocycles. The van der Waals surface area contributed by atoms with Crippen LogP contribution in [0.15, 0.2) is 16.8 Å². The maximum absolute atomic E-state index is 11.9. The first-order chi connectivity index (χ1) is 9.65. The van der Waals surface area contributed by atoms with E-state index in [2.05, 4.69) is 16.8 Å². The van der Waals surface area contributed by atoms with Gasteiger partial charge in [0.15, 0.2) is 0 Å². The summed E-state index contributed by atoms with van der Waals surface area (Å²) in [5.41, 5.74) is 1.24. The van der Waals surface area contributed by atoms with Crippen LogP contribution in [0.25, 0.3) is 0 Å². The van der Waals surface area contributed by atoms with E-state index in [0.29, 0.717) is 32.7 Å². The van der Waals surface area contributed by atoms with Crippen molar-refractivity contribution in [2.75, 3.05) is 39.3 Å². The number of hydrogen-bond donors (Lipinski definition) is 2. The van der Waals surface area contributed by atoms with E-state index in [9.17, 15) is 9.59 Å². The second-order valence-electron chi connectivity index (χ2n) is 4.77. The number of carbonyl (C=O) groups excluding carboxylic acids is 1. The lowest BCUT2D eigenvalue weighted by molar-refractivity contribution is -0.138. The number of nitrogens with zero attached hydrogens (tertiary/aromatic N) is 2. The fourth-order valence-electron chi connectivity index (χ4n) is 2.16. The van der Waals surface area contributed by atoms with Crippen molar-refractivity contribution < 1.29 is 14.7 Å². The molecule has 0 radical (unpaired) electrons. The summed E-state index contributed by atoms with van der Waals surface area (Å²) in [6.45, 7) is 3.07. The third-order valence-electron chi connectivity index (χ3n) is 3.29. The number of piperazine rings is 1. The van der Waals surface area contributed by atoms with E-state index in [4.69, 9.17) is 5.11 Å². The van der Waals surface area contributed by atoms with Crippen LogP contribution in [0, 0.1) is 0 Å². The van der Waals surface area contributed by atoms with Gasteiger partial charge in [0.2, 0.25) is 0 Å². The van der Waals surface area contributed by atoms with Gasteiger partial charge in [0.05, 0.1) is 6.54 Å². The highest BCUT2D eigenvalue weighted by atomic mass is 32.1. The predicted octanol–water partition coefficient (Wildman–Crippen LogP) is 0.702. The summed E-state index contributed by atoms with van der Waals surface area (Å²) in [7, 11) is 0. The van der Waals surface area contributed by atoms with Crippen molar-refractivity contribution in [3.05, 3.63) is 22.4 Å². The Morgan fingerprint density at radius 1 is 1.30 bits per heavy atom. The van der Waals surface area contributed by atoms with Gasteiger partial charge in [0.1, 0.15) is 0 Å². The van der Waals surface area contributed by atoms with Crippen LogP contribution in [0.4, 0.5) is 4.79 Å². The van der Waals surface area contributed by atoms with Gasteiger partial charge >= 0.3 is 12.0 Å². The minimum atomic E-state index is -0.821. The third-order valence-corrected chi connectivity index (χ3v) is 4.02. The Balaban J connectivity index is 1.65. The van der Waals surface area contributed by atoms with Crippen LogP contribution in [0.5, 0.6) is 0 Å². The largest absolute Gasteiger partial charge is 0.480 e. The molecule has 1 aliphatic rings. The molecule has 1 fully saturated rings. The lowest BCUT2D eigenvalue weighted by Gasteiger charge is -2.33. The summed E-state index contributed by atoms with van der Waals surface area (Å²) < 4.78 is 0. The number of urea groups is 1. The third kappa shape index (κ3) is 4.50. The topological polar surface area (TPSA) is 72.9 Å². The van der Waals surface area contributed by atoms with Gasteiger partial charge in [-0.05, 0) is 28.8 Å². The van der Waals surface area contributed by atoms with Crippen LogP contribution < -0.4 is 5.32 Å². The van der Waals surface area contributed by atoms with Gasteiger partial charge < -0.3 is 15.3 Å². The number of carboxylic acid groups (broad SMARTS) is 1. The lowest BCUT2D eigenvalue weighted by atomic mass is 10.2. The normalized spacial score (nSPS) is 16.1. The summed E-state index contributed by atoms with van der Waals surface area (Å²) >= 11 is 1.65. The molecule has 0 unspecified atom stereocenters. The van der Waals surface area contributed by atoms with E-state index in [-0.39, 0.29) is 12.6 Å². The van der Waals surface area contributed by atoms with Gasteiger partial charge in [0.25, 0.3) is 0 Å². The molecule has 1 aliphatic heterocycles. The molecule has 0 spiro atoms. The van der Waals surface area contributed by atoms with Gasteiger partial charge in [-0.15, -0.1) is 0 Å². The van der Waals surface area contributed by atoms with Crippen molar-refractivity contribution >= 4 is 23.3 Å². The minimum Gasteiger partial charge on any atom is -0.480 e. The molecule has 2 heterocycles. The number of thiophene rings is 1. The fraction of sp³-hybridized carbons (Fsp3) is 0.538. The highest BCUT2D eigenvalue weighted by Crippen LogP contribution is 2.06. The zero-order valence-electron chi connectivity index (χ0n) is 11.2. The number of carboxylic acids is 1. The Labute approximate surface area is 122 Å². The Morgan fingerprint density at radius 3 is 2.65 bits per heavy atom. The molecule has 0 atom stereocenters. The summed E-state index contributed by atoms with van der Waals surface area (Å²) in [6, 6.07) is 2.00. The molecular formula is C13H19N3O3S. The first kappa shape index (κ1) is 14.8. The number of aliphatic carboxylic acids is 1. The molecule has 0 aliphatic carbocycles. The van der Waals surface area contributed by atoms with Crippen molar-refractivity contribution in [3.63, 3.8) is 0 Å². The lowest BCUT2D eigenvalue weighted by Crippen LogP contribution is -2.52. The van der Waals surface area contributed by atoms with Crippen molar-refractivity contribution in [1.29, 1.82) is 0 Å². The predicted molar refractivity (Wildman–Crippen MR) is 77.1 cm³/mol. The average Bonchev–Trinajstić information content (AvgIpc) is 2.92. The van der Waals surface area contributed by atoms with E-state index in [1.54, 1.807) is 16.2 Å². The number of nitrogens with one attached hydrogen (secondary N) is 1. The SMILES string of the molecule is O=C(O)CN1CCN(C(=O)NCCc2ccsc2)CC1. The Bertz CT molecular complexity index is 442. The second kappa shape index (κ2) is 7.25. The van der Waals surface area contributed by atoms with Crippen LogP contribution >= 0.6 is 11.3 Å². The standard InChI is InChI=1S/C13H19N3O3S/c17-12(18)9-15-4-6-16(7-5-15)13(19)14-3-1-11-2-8-20-10-11/h2,8,10H,1,3-7,9H2,(H,14,19)(H,17,18). The summed E-state index contributed by atoms with van der Waals surface area (Å²) in [4.78, 5) is 26.1. The number of rotatable bonds is 5. The molecule has 0 saturated carbocycles. The molecule has 0 bridgehead atoms. The fourth-order valence-corrected chi connectivity index (χ4v) is 2.86. The Hall–Kier alpha value is -1.60. The van der Waals surface area contributed by atoms with Crippen LogP contribution in [0.1, 0.15) is 5.56 Å². The molecule has 7 heteroatoms. The van der Waals surface area contributed by atoms with Crippen molar-refractivity contribution in [2.24, 2.45) is 0 Å². The second-order valence-corrected chi connectivity index (χ2v) is 5.55. The zero-order valence-corrected chi connectivity index (χ0v) is 12.1. The van der Waals surface area contributed by atoms with Gasteiger partial charge in [-0.3, -0.25) is 9.69 Å². The maximum Gasteiger partial charge on any atom is 0.317 e. The van der Waals surface area contributed by atoms with Gasteiger partial charge in [-0.25, -0.2) is 4.79 Å². The van der Waals surface area contributed by atoms with E-state index in [1.165, 1.54) is 5.56 Å². The zero-order chi connectivity index (χ0) is 14.4. The van der Waals surface area contributed by atoms with E-state index >= 15 is 0 Å². The summed E-state index contributed by atoms with van der Waals surface area (Å²) in [6.07, 6.45) is 0.841. The molecule has 6 nitrogen and oxygen atoms in total. The molecule has 1 aromatic rings. The van der Waals surface area contributed by atoms with E-state index < -0.39 is 5.97 Å². The van der Waals surface area contributed by atoms with Crippen molar-refractivity contribution in [2.45, 2.75) is 6.42 Å². The highest BCUT2D eigenvalue weighted by Gasteiger charge is 2.21. The van der Waals surface area contributed by atoms with Gasteiger partial charge in [-0.2, -0.15) is 11.3 Å². The number of amides is 2. The van der Waals surface area contributed by atoms with Crippen molar-refractivity contribution in [3.8, 4) is 0 Å². The average molecular weight is 297 g/mol. The van der Waals surface area contributed by atoms with Gasteiger partial charge in [-0.1, -0.05) is 0 Å². The van der Waals surface area contributed by atoms with Crippen LogP contribution in [0.3, 0.4) is 0 Å². The molecule has 2 rings (SSSR count). The molecule has 110 valence electrons. The van der Waals surface area contributed by atoms with Crippen molar-refractivity contribution in [1.82, 2.24) is 15.1 Å². The quantitative estimate of drug-likeness (QED) is 0.839. The summed E-state index contributed by atoms with van der Waals surface area (Å²) in [5.74, 6) is -0.821. The van der Waals surface area contributed by atoms with Crippen LogP contribution in [-0.4, -0.2) is 66.2 Å². The monoisotopic (exact) mass is 297 g/mol. The Kier molecular flexibility index (Phi) is 5.37. The van der Waals surface area contributed by atoms with Crippen LogP contribution in [0.2, 0.25) is 0 Å². The maximum atomic E-state index is 11.9. The first-order valence-corrected chi connectivity index (χ1v) is 7.57. The molecule has 0 aromatic carbocycles. The minimum absolute atomic E-state index is 0.0492. The smallest absolute Gasteiger partial charge is 0.317 e. The molecule has 2 N–H and O–H groups in total. The molecule has 1 aromatic heterocycles. The first-order valence-electron chi connectivity index (χ1n) is 6.63. The Morgan fingerprint density at radius 2 is 2.05 bits per heavy atom. The van der Waals surface area contributed by atoms with E-state index in [0.717, 1.165) is 6.42 Å². The highest BCUT2D eigenvalue weighted by molar-refractivity contribution is 7.07. The number of carbonyl (C=O) groups is 2. The summed E-state index contributed by atoms with van der Waals surface area (Å²) in [5, 5.41) is 15.7. The molecule has 2 amide bonds. The number of hydrogen-bond acceptors (Lipinski definition) is 4.